The third-order valence-electron chi connectivity index (χ3n) is 2.20. The lowest BCUT2D eigenvalue weighted by molar-refractivity contribution is 0.0542. The molecule has 158 valence electrons. The summed E-state index contributed by atoms with van der Waals surface area (Å²) in [7, 11) is -4.79. The first kappa shape index (κ1) is 29.1. The zero-order chi connectivity index (χ0) is 21.0. The standard InChI is InChI=1S/C9H9Br3Cl6F3O4P/c10-7(19,4(13)14)1-23-26(22,24-2-8(11,20)5(15)16)25-3-9(12,21)6(17)18/h4-6H,1-3H2. The average molecular weight is 722 g/mol. The summed E-state index contributed by atoms with van der Waals surface area (Å²) in [6.07, 6.45) is 0. The maximum atomic E-state index is 14.0. The van der Waals surface area contributed by atoms with Gasteiger partial charge in [0.2, 0.25) is 13.7 Å². The molecule has 0 N–H and O–H groups in total. The Morgan fingerprint density at radius 3 is 1.04 bits per heavy atom. The third-order valence-corrected chi connectivity index (χ3v) is 9.26. The number of alkyl halides is 12. The van der Waals surface area contributed by atoms with Crippen LogP contribution in [-0.2, 0) is 18.1 Å². The van der Waals surface area contributed by atoms with Gasteiger partial charge in [0.05, 0.1) is 0 Å². The van der Waals surface area contributed by atoms with Crippen LogP contribution in [0.5, 0.6) is 0 Å². The Morgan fingerprint density at radius 1 is 0.692 bits per heavy atom. The first-order valence-corrected chi connectivity index (χ1v) is 12.4. The van der Waals surface area contributed by atoms with E-state index in [4.69, 9.17) is 69.6 Å². The first-order chi connectivity index (χ1) is 11.5. The molecule has 0 radical (unpaired) electrons. The van der Waals surface area contributed by atoms with Gasteiger partial charge >= 0.3 is 7.82 Å². The fraction of sp³-hybridized carbons (Fsp3) is 1.00. The number of phosphoric ester groups is 1. The van der Waals surface area contributed by atoms with Crippen LogP contribution in [0.3, 0.4) is 0 Å². The van der Waals surface area contributed by atoms with Crippen molar-refractivity contribution in [2.24, 2.45) is 0 Å². The molecular formula is C9H9Br3Cl6F3O4P. The van der Waals surface area contributed by atoms with Crippen LogP contribution in [0, 0.1) is 0 Å². The van der Waals surface area contributed by atoms with Gasteiger partial charge in [-0.15, -0.1) is 69.6 Å². The molecule has 26 heavy (non-hydrogen) atoms. The lowest BCUT2D eigenvalue weighted by Gasteiger charge is -2.27. The molecule has 0 amide bonds. The monoisotopic (exact) mass is 716 g/mol. The van der Waals surface area contributed by atoms with E-state index < -0.39 is 55.9 Å². The molecule has 0 saturated heterocycles. The van der Waals surface area contributed by atoms with Crippen molar-refractivity contribution in [1.82, 2.24) is 0 Å². The Balaban J connectivity index is 5.23. The maximum Gasteiger partial charge on any atom is 0.475 e. The lowest BCUT2D eigenvalue weighted by atomic mass is 10.5. The highest BCUT2D eigenvalue weighted by molar-refractivity contribution is 9.10. The Kier molecular flexibility index (Phi) is 13.0. The van der Waals surface area contributed by atoms with Gasteiger partial charge < -0.3 is 0 Å². The van der Waals surface area contributed by atoms with Crippen molar-refractivity contribution in [3.63, 3.8) is 0 Å². The van der Waals surface area contributed by atoms with Crippen LogP contribution >= 0.6 is 125 Å². The predicted octanol–water partition coefficient (Wildman–Crippen LogP) is 7.74. The summed E-state index contributed by atoms with van der Waals surface area (Å²) >= 11 is 39.7. The van der Waals surface area contributed by atoms with Crippen LogP contribution in [0.25, 0.3) is 0 Å². The van der Waals surface area contributed by atoms with Crippen LogP contribution < -0.4 is 0 Å². The molecule has 0 aromatic heterocycles. The molecule has 0 heterocycles. The molecule has 0 spiro atoms. The Hall–Kier alpha value is 3.08. The molecule has 0 rings (SSSR count). The van der Waals surface area contributed by atoms with E-state index >= 15 is 0 Å². The minimum absolute atomic E-state index is 1.08. The minimum Gasteiger partial charge on any atom is -0.282 e. The summed E-state index contributed by atoms with van der Waals surface area (Å²) in [5.41, 5.74) is 0. The van der Waals surface area contributed by atoms with Crippen LogP contribution in [0.15, 0.2) is 0 Å². The summed E-state index contributed by atoms with van der Waals surface area (Å²) in [5.74, 6) is 0. The highest BCUT2D eigenvalue weighted by Gasteiger charge is 2.44. The van der Waals surface area contributed by atoms with Crippen molar-refractivity contribution in [2.75, 3.05) is 19.8 Å². The number of hydrogen-bond acceptors (Lipinski definition) is 4. The van der Waals surface area contributed by atoms with Gasteiger partial charge in [0.15, 0.2) is 14.5 Å². The van der Waals surface area contributed by atoms with Crippen LogP contribution in [0.2, 0.25) is 0 Å². The predicted molar refractivity (Wildman–Crippen MR) is 110 cm³/mol. The van der Waals surface area contributed by atoms with E-state index in [-0.39, 0.29) is 0 Å². The number of phosphoric acid groups is 1. The van der Waals surface area contributed by atoms with Crippen molar-refractivity contribution < 1.29 is 31.3 Å². The van der Waals surface area contributed by atoms with Gasteiger partial charge in [-0.05, 0) is 47.8 Å². The molecule has 0 aromatic rings. The summed E-state index contributed by atoms with van der Waals surface area (Å²) in [6.45, 7) is -3.25. The maximum absolute atomic E-state index is 14.0. The largest absolute Gasteiger partial charge is 0.475 e. The second-order valence-corrected chi connectivity index (χ2v) is 13.4. The van der Waals surface area contributed by atoms with Crippen molar-refractivity contribution >= 4 is 125 Å². The molecule has 4 nitrogen and oxygen atoms in total. The molecular weight excluding hydrogens is 712 g/mol. The van der Waals surface area contributed by atoms with E-state index in [9.17, 15) is 17.7 Å². The number of hydrogen-bond donors (Lipinski definition) is 0. The van der Waals surface area contributed by atoms with Gasteiger partial charge in [0.1, 0.15) is 19.8 Å². The van der Waals surface area contributed by atoms with Gasteiger partial charge in [-0.3, -0.25) is 13.6 Å². The molecule has 3 unspecified atom stereocenters. The Bertz CT molecular complexity index is 437. The molecule has 0 bridgehead atoms. The van der Waals surface area contributed by atoms with Gasteiger partial charge in [0, 0.05) is 0 Å². The lowest BCUT2D eigenvalue weighted by Crippen LogP contribution is -2.33. The number of rotatable bonds is 12. The minimum atomic E-state index is -4.79. The van der Waals surface area contributed by atoms with Crippen LogP contribution in [-0.4, -0.2) is 48.1 Å². The van der Waals surface area contributed by atoms with Crippen LogP contribution in [0.1, 0.15) is 0 Å². The van der Waals surface area contributed by atoms with Gasteiger partial charge in [-0.25, -0.2) is 17.7 Å². The van der Waals surface area contributed by atoms with E-state index in [2.05, 4.69) is 61.4 Å². The van der Waals surface area contributed by atoms with Crippen molar-refractivity contribution in [3.8, 4) is 0 Å². The molecule has 0 aliphatic carbocycles. The summed E-state index contributed by atoms with van der Waals surface area (Å²) in [4.78, 5) is -4.98. The Morgan fingerprint density at radius 2 is 0.885 bits per heavy atom. The quantitative estimate of drug-likeness (QED) is 0.153. The molecule has 0 aliphatic rings. The third kappa shape index (κ3) is 10.4. The molecule has 17 heteroatoms. The second-order valence-electron chi connectivity index (χ2n) is 4.45. The average Bonchev–Trinajstić information content (AvgIpc) is 2.49. The van der Waals surface area contributed by atoms with Gasteiger partial charge in [0.25, 0.3) is 0 Å². The van der Waals surface area contributed by atoms with Crippen molar-refractivity contribution in [3.05, 3.63) is 0 Å². The van der Waals surface area contributed by atoms with Crippen molar-refractivity contribution in [1.29, 1.82) is 0 Å². The summed E-state index contributed by atoms with van der Waals surface area (Å²) in [5, 5.41) is 0. The van der Waals surface area contributed by atoms with E-state index in [1.165, 1.54) is 0 Å². The highest BCUT2D eigenvalue weighted by atomic mass is 79.9. The van der Waals surface area contributed by atoms with E-state index in [1.807, 2.05) is 0 Å². The molecule has 0 aromatic carbocycles. The zero-order valence-corrected chi connectivity index (χ0v) is 22.2. The molecule has 0 aliphatic heterocycles. The second kappa shape index (κ2) is 11.6. The van der Waals surface area contributed by atoms with Gasteiger partial charge in [-0.2, -0.15) is 0 Å². The van der Waals surface area contributed by atoms with Gasteiger partial charge in [-0.1, -0.05) is 0 Å². The molecule has 0 saturated carbocycles. The zero-order valence-electron chi connectivity index (χ0n) is 12.0. The molecule has 3 atom stereocenters. The topological polar surface area (TPSA) is 44.8 Å². The smallest absolute Gasteiger partial charge is 0.282 e. The normalized spacial score (nSPS) is 22.1. The van der Waals surface area contributed by atoms with E-state index in [0.717, 1.165) is 0 Å². The number of halogens is 12. The Labute approximate surface area is 202 Å². The van der Waals surface area contributed by atoms with E-state index in [0.29, 0.717) is 0 Å². The summed E-state index contributed by atoms with van der Waals surface area (Å²) < 4.78 is 60.8. The SMILES string of the molecule is O=P(OCC(F)(Br)C(Cl)Cl)(OCC(F)(Br)C(Cl)Cl)OCC(F)(Br)C(Cl)Cl. The highest BCUT2D eigenvalue weighted by Crippen LogP contribution is 2.54. The summed E-state index contributed by atoms with van der Waals surface area (Å²) in [6, 6.07) is 0. The molecule has 0 fully saturated rings. The first-order valence-electron chi connectivity index (χ1n) is 5.97. The fourth-order valence-electron chi connectivity index (χ4n) is 0.796. The van der Waals surface area contributed by atoms with Crippen LogP contribution in [0.4, 0.5) is 13.2 Å². The van der Waals surface area contributed by atoms with Crippen molar-refractivity contribution in [2.45, 2.75) is 28.2 Å². The fourth-order valence-corrected chi connectivity index (χ4v) is 3.31. The van der Waals surface area contributed by atoms with E-state index in [1.54, 1.807) is 0 Å².